The van der Waals surface area contributed by atoms with Crippen molar-refractivity contribution in [3.05, 3.63) is 59.4 Å². The molecule has 0 spiro atoms. The zero-order chi connectivity index (χ0) is 18.2. The van der Waals surface area contributed by atoms with Crippen LogP contribution in [0.2, 0.25) is 0 Å². The summed E-state index contributed by atoms with van der Waals surface area (Å²) in [6, 6.07) is 11.6. The summed E-state index contributed by atoms with van der Waals surface area (Å²) in [7, 11) is 1.54. The lowest BCUT2D eigenvalue weighted by atomic mass is 10.1. The van der Waals surface area contributed by atoms with E-state index in [1.807, 2.05) is 0 Å². The lowest BCUT2D eigenvalue weighted by molar-refractivity contribution is -0.121. The minimum absolute atomic E-state index is 0.176. The predicted molar refractivity (Wildman–Crippen MR) is 93.9 cm³/mol. The number of nitrogens with one attached hydrogen (secondary N) is 2. The van der Waals surface area contributed by atoms with Gasteiger partial charge in [0.25, 0.3) is 0 Å². The molecular weight excluding hydrogens is 323 g/mol. The van der Waals surface area contributed by atoms with Gasteiger partial charge in [-0.2, -0.15) is 0 Å². The average Bonchev–Trinajstić information content (AvgIpc) is 2.59. The Balaban J connectivity index is 1.94. The summed E-state index contributed by atoms with van der Waals surface area (Å²) in [4.78, 5) is 23.2. The smallest absolute Gasteiger partial charge is 0.221 e. The topological polar surface area (TPSA) is 67.4 Å². The minimum atomic E-state index is -0.306. The van der Waals surface area contributed by atoms with Crippen molar-refractivity contribution in [3.63, 3.8) is 0 Å². The van der Waals surface area contributed by atoms with Gasteiger partial charge in [-0.05, 0) is 36.2 Å². The SMILES string of the molecule is COc1ccc(NC(C)=O)cc1CNC(=O)CCc1ccccc1F. The van der Waals surface area contributed by atoms with Gasteiger partial charge in [-0.15, -0.1) is 0 Å². The van der Waals surface area contributed by atoms with Crippen LogP contribution in [-0.4, -0.2) is 18.9 Å². The third-order valence-electron chi connectivity index (χ3n) is 3.66. The number of benzene rings is 2. The highest BCUT2D eigenvalue weighted by atomic mass is 19.1. The van der Waals surface area contributed by atoms with Crippen LogP contribution in [0.1, 0.15) is 24.5 Å². The summed E-state index contributed by atoms with van der Waals surface area (Å²) < 4.78 is 18.8. The van der Waals surface area contributed by atoms with Crippen LogP contribution < -0.4 is 15.4 Å². The lowest BCUT2D eigenvalue weighted by Crippen LogP contribution is -2.23. The molecule has 2 N–H and O–H groups in total. The van der Waals surface area contributed by atoms with E-state index in [9.17, 15) is 14.0 Å². The Morgan fingerprint density at radius 1 is 1.12 bits per heavy atom. The number of anilines is 1. The van der Waals surface area contributed by atoms with E-state index in [1.165, 1.54) is 20.1 Å². The van der Waals surface area contributed by atoms with Crippen molar-refractivity contribution >= 4 is 17.5 Å². The normalized spacial score (nSPS) is 10.2. The lowest BCUT2D eigenvalue weighted by Gasteiger charge is -2.12. The van der Waals surface area contributed by atoms with Crippen LogP contribution >= 0.6 is 0 Å². The molecule has 0 bridgehead atoms. The molecule has 5 nitrogen and oxygen atoms in total. The number of aryl methyl sites for hydroxylation is 1. The molecule has 0 fully saturated rings. The van der Waals surface area contributed by atoms with Gasteiger partial charge in [0, 0.05) is 31.1 Å². The van der Waals surface area contributed by atoms with Gasteiger partial charge in [-0.25, -0.2) is 4.39 Å². The van der Waals surface area contributed by atoms with Gasteiger partial charge < -0.3 is 15.4 Å². The van der Waals surface area contributed by atoms with Gasteiger partial charge in [0.1, 0.15) is 11.6 Å². The first-order chi connectivity index (χ1) is 12.0. The second kappa shape index (κ2) is 8.82. The maximum Gasteiger partial charge on any atom is 0.221 e. The van der Waals surface area contributed by atoms with Gasteiger partial charge >= 0.3 is 0 Å². The van der Waals surface area contributed by atoms with Crippen molar-refractivity contribution in [2.24, 2.45) is 0 Å². The van der Waals surface area contributed by atoms with E-state index >= 15 is 0 Å². The van der Waals surface area contributed by atoms with E-state index in [0.29, 0.717) is 23.4 Å². The van der Waals surface area contributed by atoms with E-state index in [1.54, 1.807) is 36.4 Å². The molecule has 0 aliphatic heterocycles. The number of carbonyl (C=O) groups is 2. The number of rotatable bonds is 7. The molecular formula is C19H21FN2O3. The largest absolute Gasteiger partial charge is 0.496 e. The third-order valence-corrected chi connectivity index (χ3v) is 3.66. The molecule has 2 amide bonds. The zero-order valence-electron chi connectivity index (χ0n) is 14.3. The minimum Gasteiger partial charge on any atom is -0.496 e. The van der Waals surface area contributed by atoms with Crippen LogP contribution in [0.5, 0.6) is 5.75 Å². The van der Waals surface area contributed by atoms with Gasteiger partial charge in [0.15, 0.2) is 0 Å². The maximum atomic E-state index is 13.6. The molecule has 2 aromatic carbocycles. The molecule has 2 aromatic rings. The third kappa shape index (κ3) is 5.60. The Kier molecular flexibility index (Phi) is 6.51. The van der Waals surface area contributed by atoms with Crippen molar-refractivity contribution in [3.8, 4) is 5.75 Å². The number of amides is 2. The number of hydrogen-bond donors (Lipinski definition) is 2. The fourth-order valence-corrected chi connectivity index (χ4v) is 2.43. The predicted octanol–water partition coefficient (Wildman–Crippen LogP) is 3.04. The van der Waals surface area contributed by atoms with Gasteiger partial charge in [-0.1, -0.05) is 18.2 Å². The van der Waals surface area contributed by atoms with Crippen LogP contribution in [0.15, 0.2) is 42.5 Å². The van der Waals surface area contributed by atoms with E-state index in [4.69, 9.17) is 4.74 Å². The van der Waals surface area contributed by atoms with Crippen LogP contribution in [0.4, 0.5) is 10.1 Å². The second-order valence-electron chi connectivity index (χ2n) is 5.58. The van der Waals surface area contributed by atoms with E-state index in [-0.39, 0.29) is 30.6 Å². The Hall–Kier alpha value is -2.89. The van der Waals surface area contributed by atoms with Gasteiger partial charge in [0.05, 0.1) is 7.11 Å². The molecule has 0 saturated heterocycles. The Morgan fingerprint density at radius 2 is 1.88 bits per heavy atom. The van der Waals surface area contributed by atoms with Crippen molar-refractivity contribution in [2.75, 3.05) is 12.4 Å². The number of hydrogen-bond acceptors (Lipinski definition) is 3. The molecule has 6 heteroatoms. The summed E-state index contributed by atoms with van der Waals surface area (Å²) in [5.74, 6) is -0.0521. The number of halogens is 1. The molecule has 0 atom stereocenters. The molecule has 25 heavy (non-hydrogen) atoms. The molecule has 0 radical (unpaired) electrons. The summed E-state index contributed by atoms with van der Waals surface area (Å²) >= 11 is 0. The number of methoxy groups -OCH3 is 1. The molecule has 132 valence electrons. The van der Waals surface area contributed by atoms with Crippen LogP contribution in [0.3, 0.4) is 0 Å². The van der Waals surface area contributed by atoms with Crippen molar-refractivity contribution < 1.29 is 18.7 Å². The number of carbonyl (C=O) groups excluding carboxylic acids is 2. The molecule has 0 aliphatic rings. The Morgan fingerprint density at radius 3 is 2.56 bits per heavy atom. The molecule has 0 aromatic heterocycles. The van der Waals surface area contributed by atoms with Gasteiger partial charge in [0.2, 0.25) is 11.8 Å². The fraction of sp³-hybridized carbons (Fsp3) is 0.263. The summed E-state index contributed by atoms with van der Waals surface area (Å²) in [6.45, 7) is 1.68. The first-order valence-corrected chi connectivity index (χ1v) is 7.94. The quantitative estimate of drug-likeness (QED) is 0.811. The summed E-state index contributed by atoms with van der Waals surface area (Å²) in [5.41, 5.74) is 1.89. The van der Waals surface area contributed by atoms with Crippen LogP contribution in [-0.2, 0) is 22.6 Å². The highest BCUT2D eigenvalue weighted by Gasteiger charge is 2.09. The van der Waals surface area contributed by atoms with E-state index in [0.717, 1.165) is 5.56 Å². The monoisotopic (exact) mass is 344 g/mol. The van der Waals surface area contributed by atoms with E-state index in [2.05, 4.69) is 10.6 Å². The molecule has 0 saturated carbocycles. The standard InChI is InChI=1S/C19H21FN2O3/c1-13(23)22-16-8-9-18(25-2)15(11-16)12-21-19(24)10-7-14-5-3-4-6-17(14)20/h3-6,8-9,11H,7,10,12H2,1-2H3,(H,21,24)(H,22,23). The number of ether oxygens (including phenoxy) is 1. The maximum absolute atomic E-state index is 13.6. The fourth-order valence-electron chi connectivity index (χ4n) is 2.43. The summed E-state index contributed by atoms with van der Waals surface area (Å²) in [6.07, 6.45) is 0.524. The molecule has 2 rings (SSSR count). The van der Waals surface area contributed by atoms with Gasteiger partial charge in [-0.3, -0.25) is 9.59 Å². The van der Waals surface area contributed by atoms with Crippen LogP contribution in [0.25, 0.3) is 0 Å². The van der Waals surface area contributed by atoms with E-state index < -0.39 is 0 Å². The van der Waals surface area contributed by atoms with Crippen molar-refractivity contribution in [1.29, 1.82) is 0 Å². The second-order valence-corrected chi connectivity index (χ2v) is 5.58. The molecule has 0 heterocycles. The first kappa shape index (κ1) is 18.4. The highest BCUT2D eigenvalue weighted by molar-refractivity contribution is 5.88. The summed E-state index contributed by atoms with van der Waals surface area (Å²) in [5, 5.41) is 5.48. The molecule has 0 unspecified atom stereocenters. The van der Waals surface area contributed by atoms with Crippen LogP contribution in [0, 0.1) is 5.82 Å². The van der Waals surface area contributed by atoms with Crippen molar-refractivity contribution in [1.82, 2.24) is 5.32 Å². The average molecular weight is 344 g/mol. The Bertz CT molecular complexity index is 762. The van der Waals surface area contributed by atoms with Crippen molar-refractivity contribution in [2.45, 2.75) is 26.3 Å². The molecule has 0 aliphatic carbocycles. The first-order valence-electron chi connectivity index (χ1n) is 7.94. The highest BCUT2D eigenvalue weighted by Crippen LogP contribution is 2.22. The zero-order valence-corrected chi connectivity index (χ0v) is 14.3. The Labute approximate surface area is 146 Å².